The number of hydrogen-bond acceptors (Lipinski definition) is 4. The molecule has 1 amide bonds. The third-order valence-corrected chi connectivity index (χ3v) is 3.33. The van der Waals surface area contributed by atoms with Crippen LogP contribution < -0.4 is 5.32 Å². The van der Waals surface area contributed by atoms with Crippen LogP contribution >= 0.6 is 22.6 Å². The van der Waals surface area contributed by atoms with Gasteiger partial charge < -0.3 is 14.8 Å². The zero-order valence-electron chi connectivity index (χ0n) is 13.3. The molecule has 5 nitrogen and oxygen atoms in total. The maximum absolute atomic E-state index is 12.1. The average Bonchev–Trinajstić information content (AvgIpc) is 2.41. The Bertz CT molecular complexity index is 497. The second kappa shape index (κ2) is 8.36. The minimum Gasteiger partial charge on any atom is -0.458 e. The Morgan fingerprint density at radius 1 is 1.23 bits per heavy atom. The Morgan fingerprint density at radius 2 is 1.82 bits per heavy atom. The maximum Gasteiger partial charge on any atom is 0.408 e. The van der Waals surface area contributed by atoms with Crippen LogP contribution in [0.5, 0.6) is 0 Å². The van der Waals surface area contributed by atoms with Crippen molar-refractivity contribution in [3.05, 3.63) is 35.9 Å². The summed E-state index contributed by atoms with van der Waals surface area (Å²) in [5.41, 5.74) is 0.283. The molecule has 1 rings (SSSR count). The van der Waals surface area contributed by atoms with E-state index in [1.165, 1.54) is 0 Å². The minimum atomic E-state index is -0.747. The van der Waals surface area contributed by atoms with Crippen LogP contribution in [-0.2, 0) is 20.9 Å². The Hall–Kier alpha value is -1.31. The summed E-state index contributed by atoms with van der Waals surface area (Å²) in [6.45, 7) is 7.34. The fourth-order valence-corrected chi connectivity index (χ4v) is 2.09. The van der Waals surface area contributed by atoms with Gasteiger partial charge in [0.15, 0.2) is 0 Å². The number of benzene rings is 1. The number of nitrogens with one attached hydrogen (secondary N) is 1. The quantitative estimate of drug-likeness (QED) is 0.451. The van der Waals surface area contributed by atoms with Gasteiger partial charge in [-0.3, -0.25) is 0 Å². The molecule has 0 saturated heterocycles. The normalized spacial score (nSPS) is 13.9. The lowest BCUT2D eigenvalue weighted by Crippen LogP contribution is -2.48. The van der Waals surface area contributed by atoms with E-state index in [9.17, 15) is 9.59 Å². The Labute approximate surface area is 144 Å². The van der Waals surface area contributed by atoms with Crippen molar-refractivity contribution in [1.82, 2.24) is 5.32 Å². The molecule has 0 saturated carbocycles. The van der Waals surface area contributed by atoms with E-state index in [1.807, 2.05) is 37.3 Å². The SMILES string of the molecule is C[C@@H](I)[C@H](NC(=O)OCc1ccccc1)C(=O)OC(C)(C)C. The minimum absolute atomic E-state index is 0.128. The van der Waals surface area contributed by atoms with Crippen LogP contribution in [0.15, 0.2) is 30.3 Å². The molecule has 1 aromatic rings. The molecule has 0 aliphatic carbocycles. The number of hydrogen-bond donors (Lipinski definition) is 1. The van der Waals surface area contributed by atoms with Gasteiger partial charge in [0, 0.05) is 3.92 Å². The van der Waals surface area contributed by atoms with E-state index in [-0.39, 0.29) is 10.5 Å². The molecule has 1 N–H and O–H groups in total. The number of ether oxygens (including phenoxy) is 2. The van der Waals surface area contributed by atoms with Crippen molar-refractivity contribution in [2.75, 3.05) is 0 Å². The van der Waals surface area contributed by atoms with E-state index >= 15 is 0 Å². The Balaban J connectivity index is 2.55. The van der Waals surface area contributed by atoms with Crippen LogP contribution in [0.4, 0.5) is 4.79 Å². The van der Waals surface area contributed by atoms with Crippen molar-refractivity contribution < 1.29 is 19.1 Å². The number of halogens is 1. The van der Waals surface area contributed by atoms with Gasteiger partial charge >= 0.3 is 12.1 Å². The second-order valence-electron chi connectivity index (χ2n) is 5.89. The summed E-state index contributed by atoms with van der Waals surface area (Å²) in [6.07, 6.45) is -0.636. The number of esters is 1. The number of carbonyl (C=O) groups excluding carboxylic acids is 2. The van der Waals surface area contributed by atoms with Gasteiger partial charge in [-0.05, 0) is 26.3 Å². The van der Waals surface area contributed by atoms with Crippen molar-refractivity contribution in [2.24, 2.45) is 0 Å². The maximum atomic E-state index is 12.1. The van der Waals surface area contributed by atoms with Gasteiger partial charge in [-0.25, -0.2) is 9.59 Å². The molecule has 0 spiro atoms. The lowest BCUT2D eigenvalue weighted by atomic mass is 10.1. The van der Waals surface area contributed by atoms with Gasteiger partial charge in [0.1, 0.15) is 18.2 Å². The zero-order valence-corrected chi connectivity index (χ0v) is 15.4. The fraction of sp³-hybridized carbons (Fsp3) is 0.500. The Morgan fingerprint density at radius 3 is 2.32 bits per heavy atom. The molecular formula is C16H22INO4. The summed E-state index contributed by atoms with van der Waals surface area (Å²) in [6, 6.07) is 8.60. The molecule has 2 atom stereocenters. The third-order valence-electron chi connectivity index (χ3n) is 2.61. The smallest absolute Gasteiger partial charge is 0.408 e. The van der Waals surface area contributed by atoms with Crippen LogP contribution in [0, 0.1) is 0 Å². The lowest BCUT2D eigenvalue weighted by molar-refractivity contribution is -0.157. The molecule has 6 heteroatoms. The molecule has 1 aromatic carbocycles. The third kappa shape index (κ3) is 7.11. The van der Waals surface area contributed by atoms with Gasteiger partial charge in [0.25, 0.3) is 0 Å². The van der Waals surface area contributed by atoms with E-state index in [1.54, 1.807) is 20.8 Å². The topological polar surface area (TPSA) is 64.6 Å². The highest BCUT2D eigenvalue weighted by Gasteiger charge is 2.30. The molecule has 122 valence electrons. The zero-order chi connectivity index (χ0) is 16.8. The molecular weight excluding hydrogens is 397 g/mol. The van der Waals surface area contributed by atoms with Crippen molar-refractivity contribution in [3.63, 3.8) is 0 Å². The van der Waals surface area contributed by atoms with E-state index in [2.05, 4.69) is 27.9 Å². The van der Waals surface area contributed by atoms with Gasteiger partial charge in [-0.2, -0.15) is 0 Å². The number of carbonyl (C=O) groups is 2. The van der Waals surface area contributed by atoms with E-state index in [0.717, 1.165) is 5.56 Å². The lowest BCUT2D eigenvalue weighted by Gasteiger charge is -2.25. The average molecular weight is 419 g/mol. The summed E-state index contributed by atoms with van der Waals surface area (Å²) in [7, 11) is 0. The molecule has 0 unspecified atom stereocenters. The van der Waals surface area contributed by atoms with Crippen LogP contribution in [0.25, 0.3) is 0 Å². The van der Waals surface area contributed by atoms with Gasteiger partial charge in [-0.1, -0.05) is 59.8 Å². The van der Waals surface area contributed by atoms with Crippen molar-refractivity contribution in [2.45, 2.75) is 49.9 Å². The molecule has 0 heterocycles. The first-order valence-corrected chi connectivity index (χ1v) is 8.28. The first-order valence-electron chi connectivity index (χ1n) is 7.03. The van der Waals surface area contributed by atoms with Gasteiger partial charge in [0.2, 0.25) is 0 Å². The highest BCUT2D eigenvalue weighted by atomic mass is 127. The van der Waals surface area contributed by atoms with Crippen molar-refractivity contribution in [3.8, 4) is 0 Å². The van der Waals surface area contributed by atoms with E-state index in [0.29, 0.717) is 0 Å². The Kier molecular flexibility index (Phi) is 7.12. The predicted molar refractivity (Wildman–Crippen MR) is 92.9 cm³/mol. The summed E-state index contributed by atoms with van der Waals surface area (Å²) in [5, 5.41) is 2.57. The number of rotatable bonds is 5. The van der Waals surface area contributed by atoms with Crippen LogP contribution in [0.3, 0.4) is 0 Å². The molecule has 0 aromatic heterocycles. The highest BCUT2D eigenvalue weighted by Crippen LogP contribution is 2.14. The first-order chi connectivity index (χ1) is 10.2. The predicted octanol–water partition coefficient (Wildman–Crippen LogP) is 3.45. The van der Waals surface area contributed by atoms with E-state index < -0.39 is 23.7 Å². The summed E-state index contributed by atoms with van der Waals surface area (Å²) < 4.78 is 10.3. The number of amides is 1. The monoisotopic (exact) mass is 419 g/mol. The molecule has 0 fully saturated rings. The van der Waals surface area contributed by atoms with E-state index in [4.69, 9.17) is 9.47 Å². The first kappa shape index (κ1) is 18.7. The van der Waals surface area contributed by atoms with Gasteiger partial charge in [-0.15, -0.1) is 0 Å². The highest BCUT2D eigenvalue weighted by molar-refractivity contribution is 14.1. The van der Waals surface area contributed by atoms with Crippen molar-refractivity contribution in [1.29, 1.82) is 0 Å². The summed E-state index contributed by atoms with van der Waals surface area (Å²) in [4.78, 5) is 24.0. The summed E-state index contributed by atoms with van der Waals surface area (Å²) in [5.74, 6) is -0.467. The second-order valence-corrected chi connectivity index (χ2v) is 7.86. The molecule has 0 radical (unpaired) electrons. The summed E-state index contributed by atoms with van der Waals surface area (Å²) >= 11 is 2.07. The largest absolute Gasteiger partial charge is 0.458 e. The molecule has 22 heavy (non-hydrogen) atoms. The molecule has 0 aliphatic heterocycles. The van der Waals surface area contributed by atoms with Crippen LogP contribution in [0.2, 0.25) is 0 Å². The van der Waals surface area contributed by atoms with Crippen molar-refractivity contribution >= 4 is 34.7 Å². The molecule has 0 bridgehead atoms. The standard InChI is InChI=1S/C16H22INO4/c1-11(17)13(14(19)22-16(2,3)4)18-15(20)21-10-12-8-6-5-7-9-12/h5-9,11,13H,10H2,1-4H3,(H,18,20)/t11-,13+/m1/s1. The fourth-order valence-electron chi connectivity index (χ4n) is 1.62. The van der Waals surface area contributed by atoms with Crippen LogP contribution in [0.1, 0.15) is 33.3 Å². The number of alkyl halides is 1. The van der Waals surface area contributed by atoms with Gasteiger partial charge in [0.05, 0.1) is 0 Å². The van der Waals surface area contributed by atoms with Crippen LogP contribution in [-0.4, -0.2) is 27.6 Å². The molecule has 0 aliphatic rings. The number of alkyl carbamates (subject to hydrolysis) is 1.